The van der Waals surface area contributed by atoms with Crippen LogP contribution in [0.15, 0.2) is 24.3 Å². The first-order valence-electron chi connectivity index (χ1n) is 4.72. The predicted octanol–water partition coefficient (Wildman–Crippen LogP) is 0.288. The van der Waals surface area contributed by atoms with Crippen molar-refractivity contribution >= 4 is 30.2 Å². The molecular formula is C7H5O10P3-2. The molecule has 1 heterocycles. The summed E-state index contributed by atoms with van der Waals surface area (Å²) >= 11 is 0. The molecule has 3 unspecified atom stereocenters. The summed E-state index contributed by atoms with van der Waals surface area (Å²) in [5, 5.41) is 10.8. The zero-order valence-corrected chi connectivity index (χ0v) is 12.0. The number of para-hydroxylation sites is 1. The molecule has 1 saturated heterocycles. The van der Waals surface area contributed by atoms with E-state index in [0.29, 0.717) is 0 Å². The molecule has 0 spiro atoms. The van der Waals surface area contributed by atoms with E-state index in [2.05, 4.69) is 12.9 Å². The molecule has 1 N–H and O–H groups in total. The Kier molecular flexibility index (Phi) is 4.30. The van der Waals surface area contributed by atoms with Gasteiger partial charge in [-0.25, -0.2) is 17.5 Å². The fourth-order valence-electron chi connectivity index (χ4n) is 1.17. The quantitative estimate of drug-likeness (QED) is 0.758. The molecule has 0 aliphatic carbocycles. The van der Waals surface area contributed by atoms with Crippen LogP contribution in [0.1, 0.15) is 10.4 Å². The van der Waals surface area contributed by atoms with E-state index < -0.39 is 35.8 Å². The lowest BCUT2D eigenvalue weighted by atomic mass is 10.2. The lowest BCUT2D eigenvalue weighted by Gasteiger charge is -2.32. The molecule has 10 nitrogen and oxygen atoms in total. The van der Waals surface area contributed by atoms with Crippen molar-refractivity contribution in [3.63, 3.8) is 0 Å². The molecule has 1 fully saturated rings. The van der Waals surface area contributed by atoms with E-state index in [1.807, 2.05) is 0 Å². The van der Waals surface area contributed by atoms with Crippen LogP contribution in [0.2, 0.25) is 0 Å². The van der Waals surface area contributed by atoms with Gasteiger partial charge in [0.1, 0.15) is 5.75 Å². The lowest BCUT2D eigenvalue weighted by molar-refractivity contribution is -0.255. The van der Waals surface area contributed by atoms with Gasteiger partial charge in [0.05, 0.1) is 5.97 Å². The molecule has 0 radical (unpaired) electrons. The Hall–Kier alpha value is -0.820. The van der Waals surface area contributed by atoms with E-state index in [1.54, 1.807) is 0 Å². The van der Waals surface area contributed by atoms with Crippen LogP contribution in [0, 0.1) is 0 Å². The minimum atomic E-state index is -5.09. The molecule has 0 aromatic heterocycles. The molecule has 1 aliphatic heterocycles. The average Bonchev–Trinajstić information content (AvgIpc) is 2.24. The second-order valence-corrected chi connectivity index (χ2v) is 7.68. The Morgan fingerprint density at radius 1 is 1.30 bits per heavy atom. The van der Waals surface area contributed by atoms with Crippen LogP contribution in [-0.4, -0.2) is 10.9 Å². The van der Waals surface area contributed by atoms with Crippen molar-refractivity contribution in [1.82, 2.24) is 0 Å². The Balaban J connectivity index is 2.24. The molecule has 110 valence electrons. The van der Waals surface area contributed by atoms with Crippen molar-refractivity contribution in [1.29, 1.82) is 0 Å². The number of hydrogen-bond acceptors (Lipinski definition) is 9. The smallest absolute Gasteiger partial charge is 0.486 e. The maximum atomic E-state index is 11.1. The van der Waals surface area contributed by atoms with Crippen molar-refractivity contribution in [2.24, 2.45) is 0 Å². The van der Waals surface area contributed by atoms with Crippen LogP contribution in [0.25, 0.3) is 0 Å². The van der Waals surface area contributed by atoms with Crippen LogP contribution >= 0.6 is 24.2 Å². The monoisotopic (exact) mass is 342 g/mol. The molecule has 1 aromatic rings. The third-order valence-electron chi connectivity index (χ3n) is 1.82. The lowest BCUT2D eigenvalue weighted by Crippen LogP contribution is -2.23. The molecular weight excluding hydrogens is 337 g/mol. The molecule has 20 heavy (non-hydrogen) atoms. The van der Waals surface area contributed by atoms with Crippen molar-refractivity contribution in [3.8, 4) is 5.75 Å². The Labute approximate surface area is 113 Å². The highest BCUT2D eigenvalue weighted by Gasteiger charge is 2.43. The molecule has 1 aromatic carbocycles. The summed E-state index contributed by atoms with van der Waals surface area (Å²) in [6, 6.07) is 5.03. The first kappa shape index (κ1) is 15.6. The fourth-order valence-corrected chi connectivity index (χ4v) is 5.25. The molecule has 0 saturated carbocycles. The molecule has 13 heteroatoms. The first-order chi connectivity index (χ1) is 9.19. The van der Waals surface area contributed by atoms with Gasteiger partial charge in [-0.3, -0.25) is 4.57 Å². The summed E-state index contributed by atoms with van der Waals surface area (Å²) in [5.74, 6) is -1.94. The number of aromatic carboxylic acids is 1. The summed E-state index contributed by atoms with van der Waals surface area (Å²) in [7, 11) is -12.9. The zero-order valence-electron chi connectivity index (χ0n) is 9.27. The van der Waals surface area contributed by atoms with Gasteiger partial charge in [-0.2, -0.15) is 0 Å². The van der Waals surface area contributed by atoms with Gasteiger partial charge in [0.15, 0.2) is 0 Å². The van der Waals surface area contributed by atoms with E-state index in [4.69, 9.17) is 9.42 Å². The van der Waals surface area contributed by atoms with Crippen LogP contribution in [0.5, 0.6) is 5.75 Å². The normalized spacial score (nSPS) is 33.6. The van der Waals surface area contributed by atoms with Crippen LogP contribution in [0.4, 0.5) is 0 Å². The minimum absolute atomic E-state index is 0.347. The third kappa shape index (κ3) is 3.85. The molecule has 2 rings (SSSR count). The number of rotatable bonds is 3. The maximum Gasteiger partial charge on any atom is 0.486 e. The van der Waals surface area contributed by atoms with Crippen molar-refractivity contribution in [2.45, 2.75) is 0 Å². The molecule has 1 aliphatic rings. The molecule has 0 amide bonds. The van der Waals surface area contributed by atoms with Gasteiger partial charge >= 0.3 is 16.4 Å². The second kappa shape index (κ2) is 5.52. The highest BCUT2D eigenvalue weighted by atomic mass is 31.3. The number of carbonyl (C=O) groups excluding carboxylic acids is 1. The Bertz CT molecular complexity index is 605. The molecule has 3 atom stereocenters. The van der Waals surface area contributed by atoms with Crippen molar-refractivity contribution < 1.29 is 46.3 Å². The number of carboxylic acid groups (broad SMARTS) is 1. The van der Waals surface area contributed by atoms with Gasteiger partial charge in [0.2, 0.25) is 0 Å². The van der Waals surface area contributed by atoms with E-state index in [0.717, 1.165) is 12.1 Å². The zero-order chi connectivity index (χ0) is 15.0. The van der Waals surface area contributed by atoms with Gasteiger partial charge < -0.3 is 24.2 Å². The highest BCUT2D eigenvalue weighted by Crippen LogP contribution is 2.74. The number of carboxylic acids is 1. The highest BCUT2D eigenvalue weighted by molar-refractivity contribution is 7.72. The Morgan fingerprint density at radius 2 is 1.95 bits per heavy atom. The van der Waals surface area contributed by atoms with Gasteiger partial charge in [-0.05, 0) is 12.1 Å². The van der Waals surface area contributed by atoms with Gasteiger partial charge in [0.25, 0.3) is 7.82 Å². The SMILES string of the molecule is O=C([O-])c1ccccc1OP1OP(=O)([O-])OP(=O)(O)O1. The standard InChI is InChI=1S/C7H7O10P3/c8-7(9)5-3-1-2-4-6(5)14-18-15-19(10,11)17-20(12,13)16-18/h1-4H,(H,8,9)(H,10,11)(H,12,13)/p-2. The van der Waals surface area contributed by atoms with Crippen LogP contribution in [-0.2, 0) is 22.1 Å². The largest absolute Gasteiger partial charge is 0.756 e. The summed E-state index contributed by atoms with van der Waals surface area (Å²) in [4.78, 5) is 30.9. The van der Waals surface area contributed by atoms with E-state index in [-0.39, 0.29) is 5.75 Å². The minimum Gasteiger partial charge on any atom is -0.756 e. The van der Waals surface area contributed by atoms with Crippen molar-refractivity contribution in [3.05, 3.63) is 29.8 Å². The van der Waals surface area contributed by atoms with Crippen LogP contribution < -0.4 is 14.5 Å². The summed E-state index contributed by atoms with van der Waals surface area (Å²) in [6.07, 6.45) is 0. The summed E-state index contributed by atoms with van der Waals surface area (Å²) in [5.41, 5.74) is -0.415. The summed E-state index contributed by atoms with van der Waals surface area (Å²) in [6.45, 7) is 0. The fraction of sp³-hybridized carbons (Fsp3) is 0. The summed E-state index contributed by atoms with van der Waals surface area (Å²) < 4.78 is 39.2. The topological polar surface area (TPSA) is 154 Å². The number of benzene rings is 1. The maximum absolute atomic E-state index is 11.1. The van der Waals surface area contributed by atoms with Gasteiger partial charge in [-0.1, -0.05) is 12.1 Å². The first-order valence-corrected chi connectivity index (χ1v) is 8.77. The number of carbonyl (C=O) groups is 1. The predicted molar refractivity (Wildman–Crippen MR) is 59.0 cm³/mol. The van der Waals surface area contributed by atoms with E-state index >= 15 is 0 Å². The van der Waals surface area contributed by atoms with Gasteiger partial charge in [0, 0.05) is 5.56 Å². The number of phosphoric acid groups is 2. The molecule has 0 bridgehead atoms. The Morgan fingerprint density at radius 3 is 2.55 bits per heavy atom. The van der Waals surface area contributed by atoms with Crippen LogP contribution in [0.3, 0.4) is 0 Å². The van der Waals surface area contributed by atoms with E-state index in [1.165, 1.54) is 12.1 Å². The van der Waals surface area contributed by atoms with Crippen molar-refractivity contribution in [2.75, 3.05) is 0 Å². The third-order valence-corrected chi connectivity index (χ3v) is 6.48. The van der Waals surface area contributed by atoms with Gasteiger partial charge in [-0.15, -0.1) is 0 Å². The van der Waals surface area contributed by atoms with E-state index in [9.17, 15) is 23.9 Å². The number of hydrogen-bond donors (Lipinski definition) is 1. The second-order valence-electron chi connectivity index (χ2n) is 3.26. The average molecular weight is 342 g/mol.